The van der Waals surface area contributed by atoms with E-state index in [2.05, 4.69) is 0 Å². The van der Waals surface area contributed by atoms with Crippen molar-refractivity contribution in [3.8, 4) is 0 Å². The topological polar surface area (TPSA) is 66.8 Å². The molecule has 5 nitrogen and oxygen atoms in total. The molecule has 1 aliphatic carbocycles. The number of carbonyl (C=O) groups excluding carboxylic acids is 1. The second kappa shape index (κ2) is 8.29. The van der Waals surface area contributed by atoms with Crippen LogP contribution in [0.4, 0.5) is 0 Å². The summed E-state index contributed by atoms with van der Waals surface area (Å²) in [6, 6.07) is 0. The zero-order chi connectivity index (χ0) is 17.7. The number of carbonyl (C=O) groups is 2. The summed E-state index contributed by atoms with van der Waals surface area (Å²) in [5, 5.41) is 9.68. The van der Waals surface area contributed by atoms with E-state index in [0.29, 0.717) is 6.54 Å². The van der Waals surface area contributed by atoms with Gasteiger partial charge in [0.2, 0.25) is 0 Å². The average Bonchev–Trinajstić information content (AvgIpc) is 2.40. The summed E-state index contributed by atoms with van der Waals surface area (Å²) in [5.74, 6) is -3.20. The number of carboxylic acid groups (broad SMARTS) is 1. The first-order chi connectivity index (χ1) is 10.6. The van der Waals surface area contributed by atoms with Crippen molar-refractivity contribution in [1.82, 2.24) is 4.90 Å². The Morgan fingerprint density at radius 1 is 1.30 bits per heavy atom. The molecule has 1 N–H and O–H groups in total. The summed E-state index contributed by atoms with van der Waals surface area (Å²) in [5.41, 5.74) is 2.08. The SMILES string of the molecule is CC(C)=C[C@H]1C=C(C)[C@H](C)[C@@H](C(=O)OCCN(C)C)[C@H]1C(=O)O. The van der Waals surface area contributed by atoms with Gasteiger partial charge in [-0.2, -0.15) is 0 Å². The molecular weight excluding hydrogens is 294 g/mol. The van der Waals surface area contributed by atoms with E-state index < -0.39 is 23.8 Å². The van der Waals surface area contributed by atoms with Crippen LogP contribution in [-0.4, -0.2) is 49.2 Å². The Labute approximate surface area is 139 Å². The Kier molecular flexibility index (Phi) is 7.01. The van der Waals surface area contributed by atoms with Crippen LogP contribution in [-0.2, 0) is 14.3 Å². The van der Waals surface area contributed by atoms with Crippen LogP contribution in [0.25, 0.3) is 0 Å². The number of aliphatic carboxylic acids is 1. The predicted molar refractivity (Wildman–Crippen MR) is 90.0 cm³/mol. The standard InChI is InChI=1S/C18H29NO4/c1-11(2)9-14-10-12(3)13(4)15(16(14)17(20)21)18(22)23-8-7-19(5)6/h9-10,13-16H,7-8H2,1-6H3,(H,20,21)/t13-,14-,15+,16-/m0/s1. The second-order valence-corrected chi connectivity index (χ2v) is 6.88. The molecule has 1 rings (SSSR count). The Morgan fingerprint density at radius 2 is 1.91 bits per heavy atom. The van der Waals surface area contributed by atoms with Crippen molar-refractivity contribution < 1.29 is 19.4 Å². The summed E-state index contributed by atoms with van der Waals surface area (Å²) >= 11 is 0. The van der Waals surface area contributed by atoms with Crippen molar-refractivity contribution in [2.45, 2.75) is 27.7 Å². The Hall–Kier alpha value is -1.62. The lowest BCUT2D eigenvalue weighted by Crippen LogP contribution is -2.42. The first-order valence-electron chi connectivity index (χ1n) is 8.02. The highest BCUT2D eigenvalue weighted by Gasteiger charge is 2.45. The van der Waals surface area contributed by atoms with Gasteiger partial charge in [0.15, 0.2) is 0 Å². The number of rotatable bonds is 6. The summed E-state index contributed by atoms with van der Waals surface area (Å²) in [6.07, 6.45) is 3.90. The summed E-state index contributed by atoms with van der Waals surface area (Å²) in [6.45, 7) is 8.62. The van der Waals surface area contributed by atoms with Crippen LogP contribution >= 0.6 is 0 Å². The van der Waals surface area contributed by atoms with Gasteiger partial charge >= 0.3 is 11.9 Å². The molecule has 0 fully saturated rings. The molecule has 0 heterocycles. The highest BCUT2D eigenvalue weighted by atomic mass is 16.5. The molecule has 5 heteroatoms. The molecular formula is C18H29NO4. The van der Waals surface area contributed by atoms with Gasteiger partial charge in [0.1, 0.15) is 6.61 Å². The number of hydrogen-bond acceptors (Lipinski definition) is 4. The molecule has 130 valence electrons. The number of allylic oxidation sites excluding steroid dienone is 4. The van der Waals surface area contributed by atoms with Gasteiger partial charge in [-0.15, -0.1) is 0 Å². The Bertz CT molecular complexity index is 503. The molecule has 0 aromatic heterocycles. The fourth-order valence-electron chi connectivity index (χ4n) is 3.02. The smallest absolute Gasteiger partial charge is 0.310 e. The van der Waals surface area contributed by atoms with Crippen molar-refractivity contribution in [2.24, 2.45) is 23.7 Å². The molecule has 0 aliphatic heterocycles. The van der Waals surface area contributed by atoms with Crippen molar-refractivity contribution in [2.75, 3.05) is 27.2 Å². The van der Waals surface area contributed by atoms with E-state index in [9.17, 15) is 14.7 Å². The zero-order valence-electron chi connectivity index (χ0n) is 15.0. The van der Waals surface area contributed by atoms with Crippen molar-refractivity contribution in [3.05, 3.63) is 23.3 Å². The molecule has 0 aromatic rings. The van der Waals surface area contributed by atoms with Crippen LogP contribution in [0.5, 0.6) is 0 Å². The van der Waals surface area contributed by atoms with Crippen molar-refractivity contribution in [1.29, 1.82) is 0 Å². The van der Waals surface area contributed by atoms with E-state index in [1.54, 1.807) is 0 Å². The summed E-state index contributed by atoms with van der Waals surface area (Å²) in [7, 11) is 3.80. The monoisotopic (exact) mass is 323 g/mol. The van der Waals surface area contributed by atoms with E-state index in [4.69, 9.17) is 4.74 Å². The fraction of sp³-hybridized carbons (Fsp3) is 0.667. The van der Waals surface area contributed by atoms with E-state index in [-0.39, 0.29) is 18.4 Å². The van der Waals surface area contributed by atoms with Crippen LogP contribution in [0.1, 0.15) is 27.7 Å². The molecule has 1 aliphatic rings. The first kappa shape index (κ1) is 19.4. The normalized spacial score (nSPS) is 27.3. The van der Waals surface area contributed by atoms with Gasteiger partial charge in [-0.3, -0.25) is 9.59 Å². The van der Waals surface area contributed by atoms with E-state index in [1.165, 1.54) is 0 Å². The average molecular weight is 323 g/mol. The van der Waals surface area contributed by atoms with Crippen molar-refractivity contribution >= 4 is 11.9 Å². The van der Waals surface area contributed by atoms with Gasteiger partial charge in [-0.25, -0.2) is 0 Å². The maximum atomic E-state index is 12.5. The number of esters is 1. The molecule has 0 radical (unpaired) electrons. The second-order valence-electron chi connectivity index (χ2n) is 6.88. The Morgan fingerprint density at radius 3 is 2.39 bits per heavy atom. The minimum Gasteiger partial charge on any atom is -0.481 e. The zero-order valence-corrected chi connectivity index (χ0v) is 15.0. The molecule has 0 spiro atoms. The third-order valence-corrected chi connectivity index (χ3v) is 4.38. The van der Waals surface area contributed by atoms with Gasteiger partial charge < -0.3 is 14.7 Å². The van der Waals surface area contributed by atoms with Gasteiger partial charge in [0.25, 0.3) is 0 Å². The molecule has 0 saturated carbocycles. The predicted octanol–water partition coefficient (Wildman–Crippen LogP) is 2.59. The highest BCUT2D eigenvalue weighted by molar-refractivity contribution is 5.83. The van der Waals surface area contributed by atoms with E-state index >= 15 is 0 Å². The Balaban J connectivity index is 3.05. The maximum absolute atomic E-state index is 12.5. The number of ether oxygens (including phenoxy) is 1. The highest BCUT2D eigenvalue weighted by Crippen LogP contribution is 2.40. The molecule has 0 bridgehead atoms. The lowest BCUT2D eigenvalue weighted by atomic mass is 9.67. The third kappa shape index (κ3) is 5.20. The molecule has 0 unspecified atom stereocenters. The van der Waals surface area contributed by atoms with E-state index in [0.717, 1.165) is 11.1 Å². The number of nitrogens with zero attached hydrogens (tertiary/aromatic N) is 1. The summed E-state index contributed by atoms with van der Waals surface area (Å²) < 4.78 is 5.35. The van der Waals surface area contributed by atoms with Gasteiger partial charge in [-0.05, 0) is 40.8 Å². The minimum atomic E-state index is -0.947. The van der Waals surface area contributed by atoms with E-state index in [1.807, 2.05) is 58.8 Å². The molecule has 0 aromatic carbocycles. The number of likely N-dealkylation sites (N-methyl/N-ethyl adjacent to an activating group) is 1. The van der Waals surface area contributed by atoms with Gasteiger partial charge in [-0.1, -0.05) is 30.2 Å². The molecule has 4 atom stereocenters. The van der Waals surface area contributed by atoms with Gasteiger partial charge in [0.05, 0.1) is 11.8 Å². The number of hydrogen-bond donors (Lipinski definition) is 1. The van der Waals surface area contributed by atoms with Gasteiger partial charge in [0, 0.05) is 12.5 Å². The van der Waals surface area contributed by atoms with Crippen LogP contribution in [0, 0.1) is 23.7 Å². The lowest BCUT2D eigenvalue weighted by Gasteiger charge is -2.36. The summed E-state index contributed by atoms with van der Waals surface area (Å²) in [4.78, 5) is 26.3. The van der Waals surface area contributed by atoms with Crippen LogP contribution in [0.15, 0.2) is 23.3 Å². The first-order valence-corrected chi connectivity index (χ1v) is 8.02. The third-order valence-electron chi connectivity index (χ3n) is 4.38. The molecule has 0 saturated heterocycles. The van der Waals surface area contributed by atoms with Crippen LogP contribution < -0.4 is 0 Å². The molecule has 0 amide bonds. The fourth-order valence-corrected chi connectivity index (χ4v) is 3.02. The number of carboxylic acids is 1. The minimum absolute atomic E-state index is 0.134. The maximum Gasteiger partial charge on any atom is 0.310 e. The van der Waals surface area contributed by atoms with Crippen LogP contribution in [0.2, 0.25) is 0 Å². The van der Waals surface area contributed by atoms with Crippen LogP contribution in [0.3, 0.4) is 0 Å². The molecule has 23 heavy (non-hydrogen) atoms. The largest absolute Gasteiger partial charge is 0.481 e. The van der Waals surface area contributed by atoms with Crippen molar-refractivity contribution in [3.63, 3.8) is 0 Å². The quantitative estimate of drug-likeness (QED) is 0.601. The lowest BCUT2D eigenvalue weighted by molar-refractivity contribution is -0.161.